The van der Waals surface area contributed by atoms with Crippen LogP contribution in [0.1, 0.15) is 5.56 Å². The number of anilines is 1. The van der Waals surface area contributed by atoms with Gasteiger partial charge in [0.2, 0.25) is 11.8 Å². The summed E-state index contributed by atoms with van der Waals surface area (Å²) >= 11 is 0. The summed E-state index contributed by atoms with van der Waals surface area (Å²) in [5.41, 5.74) is -0.689. The van der Waals surface area contributed by atoms with Crippen LogP contribution in [0.2, 0.25) is 0 Å². The van der Waals surface area contributed by atoms with Gasteiger partial charge in [-0.1, -0.05) is 0 Å². The molecule has 0 aliphatic carbocycles. The van der Waals surface area contributed by atoms with E-state index in [9.17, 15) is 22.8 Å². The summed E-state index contributed by atoms with van der Waals surface area (Å²) in [5.74, 6) is -0.730. The molecular formula is C15H15F3N6O2. The highest BCUT2D eigenvalue weighted by Gasteiger charge is 2.31. The lowest BCUT2D eigenvalue weighted by Crippen LogP contribution is -2.49. The van der Waals surface area contributed by atoms with Crippen molar-refractivity contribution in [3.63, 3.8) is 0 Å². The zero-order valence-corrected chi connectivity index (χ0v) is 13.5. The molecule has 0 radical (unpaired) electrons. The lowest BCUT2D eigenvalue weighted by Gasteiger charge is -2.25. The molecule has 0 unspecified atom stereocenters. The summed E-state index contributed by atoms with van der Waals surface area (Å²) < 4.78 is 40.2. The van der Waals surface area contributed by atoms with Gasteiger partial charge in [-0.2, -0.15) is 18.3 Å². The number of rotatable bonds is 4. The molecule has 1 aliphatic rings. The standard InChI is InChI=1S/C15H15F3N6O2/c16-15(17,18)10-1-2-12(24-9-19-8-21-24)11(5-10)22-14(26)7-23-4-3-20-13(25)6-23/h1-2,5,8-9H,3-4,6-7H2,(H,20,25)(H,22,26). The summed E-state index contributed by atoms with van der Waals surface area (Å²) in [5, 5.41) is 8.98. The van der Waals surface area contributed by atoms with E-state index in [4.69, 9.17) is 0 Å². The minimum atomic E-state index is -4.55. The first-order valence-corrected chi connectivity index (χ1v) is 7.68. The van der Waals surface area contributed by atoms with Gasteiger partial charge in [0.15, 0.2) is 0 Å². The molecule has 1 aromatic carbocycles. The number of hydrogen-bond donors (Lipinski definition) is 2. The topological polar surface area (TPSA) is 92.2 Å². The molecule has 1 saturated heterocycles. The molecule has 138 valence electrons. The van der Waals surface area contributed by atoms with Gasteiger partial charge in [-0.05, 0) is 18.2 Å². The van der Waals surface area contributed by atoms with Gasteiger partial charge in [-0.25, -0.2) is 9.67 Å². The second-order valence-electron chi connectivity index (χ2n) is 5.68. The Balaban J connectivity index is 1.82. The minimum absolute atomic E-state index is 0.0446. The van der Waals surface area contributed by atoms with Crippen LogP contribution in [0.4, 0.5) is 18.9 Å². The number of aromatic nitrogens is 3. The molecular weight excluding hydrogens is 353 g/mol. The molecule has 2 amide bonds. The van der Waals surface area contributed by atoms with E-state index in [2.05, 4.69) is 20.7 Å². The number of piperazine rings is 1. The SMILES string of the molecule is O=C1CN(CC(=O)Nc2cc(C(F)(F)F)ccc2-n2cncn2)CCN1. The van der Waals surface area contributed by atoms with Crippen LogP contribution in [0.25, 0.3) is 5.69 Å². The zero-order valence-electron chi connectivity index (χ0n) is 13.5. The highest BCUT2D eigenvalue weighted by molar-refractivity contribution is 5.94. The molecule has 0 atom stereocenters. The van der Waals surface area contributed by atoms with E-state index < -0.39 is 17.6 Å². The Bertz CT molecular complexity index is 806. The zero-order chi connectivity index (χ0) is 18.7. The molecule has 2 aromatic rings. The van der Waals surface area contributed by atoms with Crippen LogP contribution in [0.15, 0.2) is 30.9 Å². The number of alkyl halides is 3. The normalized spacial score (nSPS) is 15.6. The van der Waals surface area contributed by atoms with Gasteiger partial charge in [-0.15, -0.1) is 0 Å². The Morgan fingerprint density at radius 3 is 2.81 bits per heavy atom. The van der Waals surface area contributed by atoms with Gasteiger partial charge < -0.3 is 10.6 Å². The summed E-state index contributed by atoms with van der Waals surface area (Å²) in [7, 11) is 0. The van der Waals surface area contributed by atoms with Crippen LogP contribution in [0, 0.1) is 0 Å². The average Bonchev–Trinajstić information content (AvgIpc) is 3.08. The number of benzene rings is 1. The Morgan fingerprint density at radius 1 is 1.35 bits per heavy atom. The molecule has 0 spiro atoms. The number of carbonyl (C=O) groups is 2. The molecule has 1 fully saturated rings. The first kappa shape index (κ1) is 17.9. The predicted molar refractivity (Wildman–Crippen MR) is 84.4 cm³/mol. The average molecular weight is 368 g/mol. The van der Waals surface area contributed by atoms with Crippen molar-refractivity contribution in [3.05, 3.63) is 36.4 Å². The predicted octanol–water partition coefficient (Wildman–Crippen LogP) is 0.656. The van der Waals surface area contributed by atoms with Gasteiger partial charge >= 0.3 is 6.18 Å². The summed E-state index contributed by atoms with van der Waals surface area (Å²) in [6, 6.07) is 2.96. The lowest BCUT2D eigenvalue weighted by molar-refractivity contribution is -0.137. The highest BCUT2D eigenvalue weighted by Crippen LogP contribution is 2.33. The monoisotopic (exact) mass is 368 g/mol. The fourth-order valence-electron chi connectivity index (χ4n) is 2.56. The van der Waals surface area contributed by atoms with Crippen molar-refractivity contribution in [2.24, 2.45) is 0 Å². The quantitative estimate of drug-likeness (QED) is 0.827. The molecule has 1 aliphatic heterocycles. The van der Waals surface area contributed by atoms with E-state index in [-0.39, 0.29) is 30.4 Å². The van der Waals surface area contributed by atoms with E-state index >= 15 is 0 Å². The molecule has 3 rings (SSSR count). The first-order chi connectivity index (χ1) is 12.3. The second-order valence-corrected chi connectivity index (χ2v) is 5.68. The minimum Gasteiger partial charge on any atom is -0.354 e. The smallest absolute Gasteiger partial charge is 0.354 e. The van der Waals surface area contributed by atoms with Gasteiger partial charge in [0.05, 0.1) is 30.0 Å². The van der Waals surface area contributed by atoms with Crippen molar-refractivity contribution < 1.29 is 22.8 Å². The molecule has 11 heteroatoms. The third kappa shape index (κ3) is 4.17. The van der Waals surface area contributed by atoms with E-state index in [0.29, 0.717) is 13.1 Å². The molecule has 1 aromatic heterocycles. The molecule has 2 heterocycles. The van der Waals surface area contributed by atoms with Gasteiger partial charge in [-0.3, -0.25) is 14.5 Å². The van der Waals surface area contributed by atoms with Crippen molar-refractivity contribution in [3.8, 4) is 5.69 Å². The third-order valence-corrected chi connectivity index (χ3v) is 3.75. The van der Waals surface area contributed by atoms with Crippen molar-refractivity contribution in [2.75, 3.05) is 31.5 Å². The fourth-order valence-corrected chi connectivity index (χ4v) is 2.56. The number of halogens is 3. The van der Waals surface area contributed by atoms with Crippen LogP contribution in [-0.4, -0.2) is 57.7 Å². The van der Waals surface area contributed by atoms with Crippen LogP contribution in [0.3, 0.4) is 0 Å². The van der Waals surface area contributed by atoms with Crippen LogP contribution < -0.4 is 10.6 Å². The third-order valence-electron chi connectivity index (χ3n) is 3.75. The molecule has 2 N–H and O–H groups in total. The molecule has 0 saturated carbocycles. The number of carbonyl (C=O) groups excluding carboxylic acids is 2. The van der Waals surface area contributed by atoms with Crippen LogP contribution in [0.5, 0.6) is 0 Å². The maximum Gasteiger partial charge on any atom is 0.416 e. The molecule has 8 nitrogen and oxygen atoms in total. The van der Waals surface area contributed by atoms with Crippen molar-refractivity contribution >= 4 is 17.5 Å². The van der Waals surface area contributed by atoms with Crippen molar-refractivity contribution in [1.29, 1.82) is 0 Å². The number of amides is 2. The Labute approximate surface area is 146 Å². The van der Waals surface area contributed by atoms with Gasteiger partial charge in [0, 0.05) is 13.1 Å². The molecule has 26 heavy (non-hydrogen) atoms. The van der Waals surface area contributed by atoms with E-state index in [0.717, 1.165) is 12.1 Å². The lowest BCUT2D eigenvalue weighted by atomic mass is 10.1. The van der Waals surface area contributed by atoms with Crippen LogP contribution in [-0.2, 0) is 15.8 Å². The van der Waals surface area contributed by atoms with Gasteiger partial charge in [0.25, 0.3) is 0 Å². The Morgan fingerprint density at radius 2 is 2.15 bits per heavy atom. The number of hydrogen-bond acceptors (Lipinski definition) is 5. The number of nitrogens with zero attached hydrogens (tertiary/aromatic N) is 4. The maximum absolute atomic E-state index is 13.0. The van der Waals surface area contributed by atoms with Crippen molar-refractivity contribution in [2.45, 2.75) is 6.18 Å². The number of nitrogens with one attached hydrogen (secondary N) is 2. The molecule has 0 bridgehead atoms. The summed E-state index contributed by atoms with van der Waals surface area (Å²) in [6.07, 6.45) is -2.01. The second kappa shape index (κ2) is 7.12. The van der Waals surface area contributed by atoms with Crippen molar-refractivity contribution in [1.82, 2.24) is 25.0 Å². The fraction of sp³-hybridized carbons (Fsp3) is 0.333. The Kier molecular flexibility index (Phi) is 4.89. The van der Waals surface area contributed by atoms with Gasteiger partial charge in [0.1, 0.15) is 12.7 Å². The summed E-state index contributed by atoms with van der Waals surface area (Å²) in [4.78, 5) is 29.0. The summed E-state index contributed by atoms with van der Waals surface area (Å²) in [6.45, 7) is 0.851. The van der Waals surface area contributed by atoms with E-state index in [1.165, 1.54) is 23.4 Å². The largest absolute Gasteiger partial charge is 0.416 e. The van der Waals surface area contributed by atoms with Crippen LogP contribution >= 0.6 is 0 Å². The maximum atomic E-state index is 13.0. The first-order valence-electron chi connectivity index (χ1n) is 7.68. The Hall–Kier alpha value is -2.95. The van der Waals surface area contributed by atoms with E-state index in [1.807, 2.05) is 0 Å². The van der Waals surface area contributed by atoms with E-state index in [1.54, 1.807) is 4.90 Å². The highest BCUT2D eigenvalue weighted by atomic mass is 19.4.